The maximum atomic E-state index is 7.10. The SMILES string of the molecule is [2H]C([2H])([2H])CCCCCCCCCCCCCBr. The van der Waals surface area contributed by atoms with Crippen LogP contribution in [0, 0.1) is 0 Å². The zero-order chi connectivity index (χ0) is 13.7. The Morgan fingerprint density at radius 1 is 0.667 bits per heavy atom. The minimum atomic E-state index is -1.71. The van der Waals surface area contributed by atoms with Gasteiger partial charge in [-0.2, -0.15) is 0 Å². The summed E-state index contributed by atoms with van der Waals surface area (Å²) in [6.07, 6.45) is 14.3. The van der Waals surface area contributed by atoms with Crippen LogP contribution in [0.15, 0.2) is 0 Å². The Morgan fingerprint density at radius 2 is 1.07 bits per heavy atom. The topological polar surface area (TPSA) is 0 Å². The standard InChI is InChI=1S/C14H29Br/c1-2-3-4-5-6-7-8-9-10-11-12-13-14-15/h2-14H2,1H3/i1D3. The Morgan fingerprint density at radius 3 is 1.47 bits per heavy atom. The van der Waals surface area contributed by atoms with Crippen molar-refractivity contribution >= 4 is 15.9 Å². The first-order valence-corrected chi connectivity index (χ1v) is 7.74. The largest absolute Gasteiger partial charge is 0.0928 e. The first-order valence-electron chi connectivity index (χ1n) is 8.12. The lowest BCUT2D eigenvalue weighted by molar-refractivity contribution is 0.548. The number of hydrogen-bond acceptors (Lipinski definition) is 0. The molecule has 0 nitrogen and oxygen atoms in total. The first-order chi connectivity index (χ1) is 8.56. The summed E-state index contributed by atoms with van der Waals surface area (Å²) >= 11 is 3.45. The van der Waals surface area contributed by atoms with Gasteiger partial charge in [0.25, 0.3) is 0 Å². The molecule has 0 fully saturated rings. The maximum absolute atomic E-state index is 7.10. The quantitative estimate of drug-likeness (QED) is 0.300. The van der Waals surface area contributed by atoms with Crippen molar-refractivity contribution in [2.75, 3.05) is 5.33 Å². The van der Waals surface area contributed by atoms with Crippen LogP contribution < -0.4 is 0 Å². The van der Waals surface area contributed by atoms with Crippen molar-refractivity contribution in [1.29, 1.82) is 0 Å². The molecule has 0 bridgehead atoms. The number of rotatable bonds is 12. The molecule has 1 heteroatoms. The minimum Gasteiger partial charge on any atom is -0.0928 e. The summed E-state index contributed by atoms with van der Waals surface area (Å²) in [6, 6.07) is 0. The van der Waals surface area contributed by atoms with E-state index in [1.165, 1.54) is 57.8 Å². The van der Waals surface area contributed by atoms with E-state index in [2.05, 4.69) is 15.9 Å². The van der Waals surface area contributed by atoms with Gasteiger partial charge in [0.05, 0.1) is 0 Å². The second kappa shape index (κ2) is 14.5. The summed E-state index contributed by atoms with van der Waals surface area (Å²) in [5, 5.41) is 1.14. The fourth-order valence-corrected chi connectivity index (χ4v) is 2.21. The summed E-state index contributed by atoms with van der Waals surface area (Å²) in [6.45, 7) is -1.71. The van der Waals surface area contributed by atoms with Gasteiger partial charge in [-0.25, -0.2) is 0 Å². The molecule has 0 heterocycles. The summed E-state index contributed by atoms with van der Waals surface area (Å²) in [5.41, 5.74) is 0. The van der Waals surface area contributed by atoms with E-state index >= 15 is 0 Å². The first kappa shape index (κ1) is 10.6. The van der Waals surface area contributed by atoms with Crippen LogP contribution in [0.2, 0.25) is 0 Å². The van der Waals surface area contributed by atoms with Crippen molar-refractivity contribution in [3.8, 4) is 0 Å². The monoisotopic (exact) mass is 279 g/mol. The van der Waals surface area contributed by atoms with E-state index in [0.29, 0.717) is 6.42 Å². The molecule has 0 radical (unpaired) electrons. The normalized spacial score (nSPS) is 14.6. The molecule has 0 saturated heterocycles. The van der Waals surface area contributed by atoms with Crippen LogP contribution >= 0.6 is 15.9 Å². The molecule has 0 aliphatic heterocycles. The van der Waals surface area contributed by atoms with Crippen LogP contribution in [0.3, 0.4) is 0 Å². The fraction of sp³-hybridized carbons (Fsp3) is 1.00. The highest BCUT2D eigenvalue weighted by Gasteiger charge is 1.92. The molecule has 0 atom stereocenters. The van der Waals surface area contributed by atoms with Crippen molar-refractivity contribution in [2.45, 2.75) is 83.9 Å². The van der Waals surface area contributed by atoms with Crippen LogP contribution in [-0.2, 0) is 0 Å². The van der Waals surface area contributed by atoms with E-state index in [0.717, 1.165) is 18.2 Å². The zero-order valence-corrected chi connectivity index (χ0v) is 11.7. The number of halogens is 1. The fourth-order valence-electron chi connectivity index (χ4n) is 1.81. The van der Waals surface area contributed by atoms with Crippen molar-refractivity contribution in [3.63, 3.8) is 0 Å². The maximum Gasteiger partial charge on any atom is 0.0230 e. The van der Waals surface area contributed by atoms with Crippen molar-refractivity contribution < 1.29 is 4.11 Å². The van der Waals surface area contributed by atoms with Gasteiger partial charge in [0.1, 0.15) is 0 Å². The molecule has 0 rings (SSSR count). The number of unbranched alkanes of at least 4 members (excludes halogenated alkanes) is 10. The molecule has 0 unspecified atom stereocenters. The summed E-state index contributed by atoms with van der Waals surface area (Å²) in [4.78, 5) is 0. The van der Waals surface area contributed by atoms with E-state index in [-0.39, 0.29) is 0 Å². The van der Waals surface area contributed by atoms with Gasteiger partial charge in [-0.15, -0.1) is 0 Å². The second-order valence-electron chi connectivity index (χ2n) is 4.33. The summed E-state index contributed by atoms with van der Waals surface area (Å²) in [5.74, 6) is 0. The third-order valence-corrected chi connectivity index (χ3v) is 3.37. The Hall–Kier alpha value is 0.480. The van der Waals surface area contributed by atoms with Crippen LogP contribution in [0.4, 0.5) is 0 Å². The molecule has 0 saturated carbocycles. The van der Waals surface area contributed by atoms with Gasteiger partial charge in [-0.05, 0) is 6.42 Å². The Balaban J connectivity index is 2.99. The molecule has 0 N–H and O–H groups in total. The minimum absolute atomic E-state index is 0.389. The third-order valence-electron chi connectivity index (χ3n) is 2.81. The highest BCUT2D eigenvalue weighted by atomic mass is 79.9. The van der Waals surface area contributed by atoms with Crippen LogP contribution in [0.1, 0.15) is 88.0 Å². The molecule has 15 heavy (non-hydrogen) atoms. The van der Waals surface area contributed by atoms with E-state index < -0.39 is 6.85 Å². The average Bonchev–Trinajstić information content (AvgIpc) is 2.29. The van der Waals surface area contributed by atoms with Gasteiger partial charge < -0.3 is 0 Å². The summed E-state index contributed by atoms with van der Waals surface area (Å²) < 4.78 is 21.3. The van der Waals surface area contributed by atoms with Crippen molar-refractivity contribution in [1.82, 2.24) is 0 Å². The Bertz CT molecular complexity index is 169. The number of hydrogen-bond donors (Lipinski definition) is 0. The molecular formula is C14H29Br. The van der Waals surface area contributed by atoms with Gasteiger partial charge in [0, 0.05) is 9.44 Å². The average molecular weight is 280 g/mol. The lowest BCUT2D eigenvalue weighted by Crippen LogP contribution is -1.82. The van der Waals surface area contributed by atoms with Crippen molar-refractivity contribution in [2.24, 2.45) is 0 Å². The molecule has 0 aromatic carbocycles. The van der Waals surface area contributed by atoms with E-state index in [4.69, 9.17) is 4.11 Å². The number of alkyl halides is 1. The smallest absolute Gasteiger partial charge is 0.0230 e. The van der Waals surface area contributed by atoms with Gasteiger partial charge in [-0.3, -0.25) is 0 Å². The second-order valence-corrected chi connectivity index (χ2v) is 5.12. The van der Waals surface area contributed by atoms with Crippen molar-refractivity contribution in [3.05, 3.63) is 0 Å². The third kappa shape index (κ3) is 14.5. The summed E-state index contributed by atoms with van der Waals surface area (Å²) in [7, 11) is 0. The Labute approximate surface area is 110 Å². The van der Waals surface area contributed by atoms with E-state index in [1.807, 2.05) is 0 Å². The molecule has 92 valence electrons. The lowest BCUT2D eigenvalue weighted by Gasteiger charge is -2.01. The highest BCUT2D eigenvalue weighted by molar-refractivity contribution is 9.09. The molecular weight excluding hydrogens is 248 g/mol. The Kier molecular flexibility index (Phi) is 10.3. The highest BCUT2D eigenvalue weighted by Crippen LogP contribution is 2.11. The van der Waals surface area contributed by atoms with E-state index in [9.17, 15) is 0 Å². The molecule has 0 aromatic heterocycles. The van der Waals surface area contributed by atoms with Gasteiger partial charge in [0.2, 0.25) is 0 Å². The van der Waals surface area contributed by atoms with Gasteiger partial charge in [0.15, 0.2) is 0 Å². The predicted octanol–water partition coefficient (Wildman–Crippen LogP) is 6.08. The van der Waals surface area contributed by atoms with Crippen LogP contribution in [0.5, 0.6) is 0 Å². The molecule has 0 spiro atoms. The van der Waals surface area contributed by atoms with Gasteiger partial charge in [-0.1, -0.05) is 93.4 Å². The molecule has 0 aliphatic rings. The van der Waals surface area contributed by atoms with Gasteiger partial charge >= 0.3 is 0 Å². The molecule has 0 aromatic rings. The van der Waals surface area contributed by atoms with E-state index in [1.54, 1.807) is 0 Å². The predicted molar refractivity (Wildman–Crippen MR) is 74.9 cm³/mol. The molecule has 0 aliphatic carbocycles. The zero-order valence-electron chi connectivity index (χ0n) is 13.1. The van der Waals surface area contributed by atoms with Crippen LogP contribution in [0.25, 0.3) is 0 Å². The lowest BCUT2D eigenvalue weighted by atomic mass is 10.1. The molecule has 0 amide bonds. The van der Waals surface area contributed by atoms with Crippen LogP contribution in [-0.4, -0.2) is 5.33 Å².